The zero-order valence-electron chi connectivity index (χ0n) is 5.26. The van der Waals surface area contributed by atoms with Crippen LogP contribution in [0.3, 0.4) is 0 Å². The van der Waals surface area contributed by atoms with Gasteiger partial charge in [-0.05, 0) is 18.9 Å². The Morgan fingerprint density at radius 3 is 3.11 bits per heavy atom. The van der Waals surface area contributed by atoms with E-state index in [1.54, 1.807) is 0 Å². The molecule has 0 fully saturated rings. The van der Waals surface area contributed by atoms with Gasteiger partial charge in [0.05, 0.1) is 6.04 Å². The third-order valence-corrected chi connectivity index (χ3v) is 1.83. The molecule has 1 nitrogen and oxygen atoms in total. The summed E-state index contributed by atoms with van der Waals surface area (Å²) in [5.74, 6) is 0. The molecule has 0 aromatic rings. The molecular formula is C7H10BrN. The number of hydrogen-bond acceptors (Lipinski definition) is 1. The van der Waals surface area contributed by atoms with Crippen LogP contribution in [0.25, 0.3) is 0 Å². The molecule has 9 heavy (non-hydrogen) atoms. The van der Waals surface area contributed by atoms with E-state index in [0.717, 1.165) is 18.2 Å². The molecule has 1 unspecified atom stereocenters. The molecule has 0 radical (unpaired) electrons. The maximum Gasteiger partial charge on any atom is 0.0542 e. The highest BCUT2D eigenvalue weighted by atomic mass is 79.9. The van der Waals surface area contributed by atoms with Crippen LogP contribution in [0.4, 0.5) is 0 Å². The Labute approximate surface area is 64.0 Å². The molecule has 0 spiro atoms. The van der Waals surface area contributed by atoms with Gasteiger partial charge >= 0.3 is 0 Å². The number of allylic oxidation sites excluding steroid dienone is 1. The summed E-state index contributed by atoms with van der Waals surface area (Å²) in [5.41, 5.74) is 0. The maximum absolute atomic E-state index is 4.28. The predicted octanol–water partition coefficient (Wildman–Crippen LogP) is 2.17. The zero-order chi connectivity index (χ0) is 6.53. The molecule has 0 saturated carbocycles. The topological polar surface area (TPSA) is 12.4 Å². The summed E-state index contributed by atoms with van der Waals surface area (Å²) in [6, 6.07) is 0.536. The molecule has 1 atom stereocenters. The third kappa shape index (κ3) is 2.31. The molecule has 0 aliphatic carbocycles. The number of rotatable bonds is 2. The number of nitrogens with zero attached hydrogens (tertiary/aromatic N) is 1. The van der Waals surface area contributed by atoms with Gasteiger partial charge in [0.2, 0.25) is 0 Å². The Balaban J connectivity index is 2.28. The van der Waals surface area contributed by atoms with Crippen molar-refractivity contribution in [1.29, 1.82) is 0 Å². The largest absolute Gasteiger partial charge is 0.290 e. The number of hydrogen-bond donors (Lipinski definition) is 0. The smallest absolute Gasteiger partial charge is 0.0542 e. The Morgan fingerprint density at radius 2 is 2.56 bits per heavy atom. The van der Waals surface area contributed by atoms with E-state index >= 15 is 0 Å². The van der Waals surface area contributed by atoms with Crippen LogP contribution in [-0.2, 0) is 0 Å². The monoisotopic (exact) mass is 187 g/mol. The lowest BCUT2D eigenvalue weighted by Crippen LogP contribution is -2.05. The van der Waals surface area contributed by atoms with Gasteiger partial charge in [0.1, 0.15) is 0 Å². The first-order valence-corrected chi connectivity index (χ1v) is 4.30. The summed E-state index contributed by atoms with van der Waals surface area (Å²) in [7, 11) is 0. The Kier molecular flexibility index (Phi) is 2.98. The summed E-state index contributed by atoms with van der Waals surface area (Å²) >= 11 is 3.39. The number of alkyl halides is 1. The summed E-state index contributed by atoms with van der Waals surface area (Å²) in [6.07, 6.45) is 8.32. The molecule has 1 aliphatic rings. The fraction of sp³-hybridized carbons (Fsp3) is 0.571. The van der Waals surface area contributed by atoms with Crippen molar-refractivity contribution in [1.82, 2.24) is 0 Å². The first-order valence-electron chi connectivity index (χ1n) is 3.18. The molecule has 0 bridgehead atoms. The van der Waals surface area contributed by atoms with Crippen LogP contribution in [0.1, 0.15) is 12.8 Å². The molecular weight excluding hydrogens is 178 g/mol. The van der Waals surface area contributed by atoms with Crippen molar-refractivity contribution in [2.24, 2.45) is 4.99 Å². The van der Waals surface area contributed by atoms with E-state index in [-0.39, 0.29) is 0 Å². The predicted molar refractivity (Wildman–Crippen MR) is 44.4 cm³/mol. The maximum atomic E-state index is 4.28. The van der Waals surface area contributed by atoms with E-state index in [9.17, 15) is 0 Å². The second-order valence-electron chi connectivity index (χ2n) is 2.09. The van der Waals surface area contributed by atoms with Gasteiger partial charge in [-0.2, -0.15) is 0 Å². The molecule has 1 aliphatic heterocycles. The lowest BCUT2D eigenvalue weighted by molar-refractivity contribution is 0.668. The van der Waals surface area contributed by atoms with Gasteiger partial charge < -0.3 is 0 Å². The van der Waals surface area contributed by atoms with Crippen molar-refractivity contribution in [3.8, 4) is 0 Å². The number of aliphatic imine (C=N–C) groups is 1. The SMILES string of the molecule is BrCCC1CC=CC=N1. The van der Waals surface area contributed by atoms with Gasteiger partial charge in [0.15, 0.2) is 0 Å². The van der Waals surface area contributed by atoms with Crippen LogP contribution < -0.4 is 0 Å². The van der Waals surface area contributed by atoms with E-state index in [4.69, 9.17) is 0 Å². The van der Waals surface area contributed by atoms with Gasteiger partial charge in [-0.15, -0.1) is 0 Å². The third-order valence-electron chi connectivity index (χ3n) is 1.37. The molecule has 0 aromatic carbocycles. The average molecular weight is 188 g/mol. The molecule has 0 aromatic heterocycles. The number of dihydropyridines is 1. The molecule has 0 N–H and O–H groups in total. The average Bonchev–Trinajstić information content (AvgIpc) is 1.91. The van der Waals surface area contributed by atoms with Gasteiger partial charge in [-0.1, -0.05) is 22.0 Å². The second-order valence-corrected chi connectivity index (χ2v) is 2.89. The van der Waals surface area contributed by atoms with Crippen molar-refractivity contribution >= 4 is 22.1 Å². The Bertz CT molecular complexity index is 129. The lowest BCUT2D eigenvalue weighted by atomic mass is 10.1. The first kappa shape index (κ1) is 7.00. The van der Waals surface area contributed by atoms with Crippen molar-refractivity contribution in [2.45, 2.75) is 18.9 Å². The highest BCUT2D eigenvalue weighted by Gasteiger charge is 2.03. The highest BCUT2D eigenvalue weighted by Crippen LogP contribution is 2.08. The van der Waals surface area contributed by atoms with Crippen LogP contribution in [0.15, 0.2) is 17.1 Å². The van der Waals surface area contributed by atoms with Gasteiger partial charge in [-0.3, -0.25) is 4.99 Å². The van der Waals surface area contributed by atoms with E-state index < -0.39 is 0 Å². The minimum absolute atomic E-state index is 0.536. The fourth-order valence-electron chi connectivity index (χ4n) is 0.847. The molecule has 50 valence electrons. The van der Waals surface area contributed by atoms with Crippen LogP contribution in [0, 0.1) is 0 Å². The first-order chi connectivity index (χ1) is 4.43. The van der Waals surface area contributed by atoms with Crippen molar-refractivity contribution in [2.75, 3.05) is 5.33 Å². The van der Waals surface area contributed by atoms with Crippen LogP contribution in [0.2, 0.25) is 0 Å². The van der Waals surface area contributed by atoms with E-state index in [1.165, 1.54) is 0 Å². The molecule has 1 rings (SSSR count). The van der Waals surface area contributed by atoms with Crippen molar-refractivity contribution in [3.05, 3.63) is 12.2 Å². The quantitative estimate of drug-likeness (QED) is 0.589. The van der Waals surface area contributed by atoms with Crippen LogP contribution in [-0.4, -0.2) is 17.6 Å². The summed E-state index contributed by atoms with van der Waals surface area (Å²) in [5, 5.41) is 1.06. The van der Waals surface area contributed by atoms with Crippen LogP contribution >= 0.6 is 15.9 Å². The number of halogens is 1. The van der Waals surface area contributed by atoms with E-state index in [0.29, 0.717) is 6.04 Å². The fourth-order valence-corrected chi connectivity index (χ4v) is 1.38. The van der Waals surface area contributed by atoms with Gasteiger partial charge in [0.25, 0.3) is 0 Å². The standard InChI is InChI=1S/C7H10BrN/c8-5-4-7-3-1-2-6-9-7/h1-2,6-7H,3-5H2. The minimum Gasteiger partial charge on any atom is -0.290 e. The molecule has 0 saturated heterocycles. The second kappa shape index (κ2) is 3.83. The van der Waals surface area contributed by atoms with Crippen molar-refractivity contribution in [3.63, 3.8) is 0 Å². The lowest BCUT2D eigenvalue weighted by Gasteiger charge is -2.08. The van der Waals surface area contributed by atoms with E-state index in [2.05, 4.69) is 27.0 Å². The molecule has 0 amide bonds. The highest BCUT2D eigenvalue weighted by molar-refractivity contribution is 9.09. The summed E-state index contributed by atoms with van der Waals surface area (Å²) < 4.78 is 0. The normalized spacial score (nSPS) is 24.8. The molecule has 2 heteroatoms. The van der Waals surface area contributed by atoms with Gasteiger partial charge in [-0.25, -0.2) is 0 Å². The summed E-state index contributed by atoms with van der Waals surface area (Å²) in [4.78, 5) is 4.28. The van der Waals surface area contributed by atoms with E-state index in [1.807, 2.05) is 12.3 Å². The van der Waals surface area contributed by atoms with Crippen molar-refractivity contribution < 1.29 is 0 Å². The molecule has 1 heterocycles. The van der Waals surface area contributed by atoms with Gasteiger partial charge in [0, 0.05) is 11.5 Å². The summed E-state index contributed by atoms with van der Waals surface area (Å²) in [6.45, 7) is 0. The van der Waals surface area contributed by atoms with Crippen LogP contribution in [0.5, 0.6) is 0 Å². The Morgan fingerprint density at radius 1 is 1.67 bits per heavy atom. The minimum atomic E-state index is 0.536. The zero-order valence-corrected chi connectivity index (χ0v) is 6.84. The Hall–Kier alpha value is -0.110.